The van der Waals surface area contributed by atoms with Crippen molar-refractivity contribution in [3.05, 3.63) is 59.7 Å². The third-order valence-corrected chi connectivity index (χ3v) is 6.57. The molecule has 2 amide bonds. The van der Waals surface area contributed by atoms with E-state index in [1.807, 2.05) is 24.3 Å². The Bertz CT molecular complexity index is 1040. The van der Waals surface area contributed by atoms with Crippen LogP contribution in [0.4, 0.5) is 4.79 Å². The van der Waals surface area contributed by atoms with Crippen molar-refractivity contribution < 1.29 is 33.7 Å². The minimum absolute atomic E-state index is 0.0445. The molecule has 3 N–H and O–H groups in total. The molecule has 4 rings (SSSR count). The summed E-state index contributed by atoms with van der Waals surface area (Å²) in [5, 5.41) is 13.0. The van der Waals surface area contributed by atoms with E-state index in [2.05, 4.69) is 35.0 Å². The van der Waals surface area contributed by atoms with Gasteiger partial charge in [-0.25, -0.2) is 14.6 Å². The van der Waals surface area contributed by atoms with Gasteiger partial charge in [-0.3, -0.25) is 10.2 Å². The lowest BCUT2D eigenvalue weighted by atomic mass is 9.96. The number of hydrogen-bond donors (Lipinski definition) is 3. The molecule has 0 atom stereocenters. The van der Waals surface area contributed by atoms with Gasteiger partial charge < -0.3 is 24.6 Å². The number of esters is 1. The summed E-state index contributed by atoms with van der Waals surface area (Å²) in [6, 6.07) is 16.2. The predicted molar refractivity (Wildman–Crippen MR) is 135 cm³/mol. The van der Waals surface area contributed by atoms with Crippen molar-refractivity contribution in [2.24, 2.45) is 5.92 Å². The van der Waals surface area contributed by atoms with Crippen LogP contribution in [-0.2, 0) is 23.8 Å². The van der Waals surface area contributed by atoms with Crippen molar-refractivity contribution in [1.29, 1.82) is 0 Å². The van der Waals surface area contributed by atoms with Gasteiger partial charge in [0.2, 0.25) is 0 Å². The van der Waals surface area contributed by atoms with Gasteiger partial charge in [-0.05, 0) is 35.1 Å². The number of fused-ring (bicyclic) bond motifs is 3. The lowest BCUT2D eigenvalue weighted by Crippen LogP contribution is -2.51. The van der Waals surface area contributed by atoms with Crippen molar-refractivity contribution in [2.45, 2.75) is 18.8 Å². The van der Waals surface area contributed by atoms with Crippen LogP contribution in [0.3, 0.4) is 0 Å². The van der Waals surface area contributed by atoms with Crippen molar-refractivity contribution in [2.75, 3.05) is 52.7 Å². The number of carbonyl (C=O) groups excluding carboxylic acids is 2. The average molecular weight is 512 g/mol. The fourth-order valence-corrected chi connectivity index (χ4v) is 4.75. The molecular formula is C27H33N3O7. The summed E-state index contributed by atoms with van der Waals surface area (Å²) in [6.45, 7) is 2.09. The average Bonchev–Trinajstić information content (AvgIpc) is 3.22. The molecule has 1 fully saturated rings. The van der Waals surface area contributed by atoms with Gasteiger partial charge in [0, 0.05) is 25.6 Å². The smallest absolute Gasteiger partial charge is 0.329 e. The zero-order chi connectivity index (χ0) is 26.0. The second-order valence-electron chi connectivity index (χ2n) is 9.04. The summed E-state index contributed by atoms with van der Waals surface area (Å²) >= 11 is 0. The maximum absolute atomic E-state index is 12.8. The molecule has 10 nitrogen and oxygen atoms in total. The lowest BCUT2D eigenvalue weighted by Gasteiger charge is -2.31. The molecule has 2 aliphatic rings. The molecule has 0 radical (unpaired) electrons. The molecule has 1 aliphatic carbocycles. The number of carboxylic acid groups (broad SMARTS) is 1. The van der Waals surface area contributed by atoms with Gasteiger partial charge in [0.15, 0.2) is 0 Å². The molecule has 0 bridgehead atoms. The summed E-state index contributed by atoms with van der Waals surface area (Å²) in [6.07, 6.45) is 1.22. The Labute approximate surface area is 215 Å². The number of ether oxygens (including phenoxy) is 3. The van der Waals surface area contributed by atoms with Gasteiger partial charge >= 0.3 is 18.0 Å². The quantitative estimate of drug-likeness (QED) is 0.293. The molecule has 1 saturated heterocycles. The third kappa shape index (κ3) is 7.28. The Kier molecular flexibility index (Phi) is 9.47. The molecule has 2 aromatic carbocycles. The number of urea groups is 1. The van der Waals surface area contributed by atoms with Crippen LogP contribution in [-0.4, -0.2) is 80.8 Å². The highest BCUT2D eigenvalue weighted by Gasteiger charge is 2.31. The number of hydrogen-bond acceptors (Lipinski definition) is 7. The zero-order valence-corrected chi connectivity index (χ0v) is 20.7. The largest absolute Gasteiger partial charge is 0.480 e. The highest BCUT2D eigenvalue weighted by atomic mass is 16.5. The standard InChI is InChI=1S/C27H33N3O7/c31-25(32)18-36-16-15-35-14-11-28-27(34)29-30-12-9-19(10-13-30)26(33)37-17-24-22-7-3-1-5-20(22)21-6-2-4-8-23(21)24/h1-8,19,24H,9-18H2,(H,31,32)(H2,28,29,34). The summed E-state index contributed by atoms with van der Waals surface area (Å²) in [5.74, 6) is -1.36. The number of piperidine rings is 1. The third-order valence-electron chi connectivity index (χ3n) is 6.57. The van der Waals surface area contributed by atoms with Crippen LogP contribution in [0.1, 0.15) is 29.9 Å². The van der Waals surface area contributed by atoms with E-state index in [1.165, 1.54) is 22.3 Å². The van der Waals surface area contributed by atoms with Crippen molar-refractivity contribution in [3.8, 4) is 11.1 Å². The molecule has 1 aliphatic heterocycles. The maximum Gasteiger partial charge on any atom is 0.329 e. The normalized spacial score (nSPS) is 15.6. The second-order valence-corrected chi connectivity index (χ2v) is 9.04. The van der Waals surface area contributed by atoms with E-state index in [4.69, 9.17) is 19.3 Å². The van der Waals surface area contributed by atoms with Gasteiger partial charge in [0.05, 0.1) is 25.7 Å². The number of nitrogens with one attached hydrogen (secondary N) is 2. The number of nitrogens with zero attached hydrogens (tertiary/aromatic N) is 1. The minimum Gasteiger partial charge on any atom is -0.480 e. The molecule has 0 spiro atoms. The molecule has 2 aromatic rings. The van der Waals surface area contributed by atoms with E-state index in [-0.39, 0.29) is 50.3 Å². The number of carboxylic acids is 1. The first-order valence-electron chi connectivity index (χ1n) is 12.5. The number of amides is 2. The first-order valence-corrected chi connectivity index (χ1v) is 12.5. The first kappa shape index (κ1) is 26.6. The Morgan fingerprint density at radius 2 is 1.51 bits per heavy atom. The fraction of sp³-hybridized carbons (Fsp3) is 0.444. The summed E-state index contributed by atoms with van der Waals surface area (Å²) in [4.78, 5) is 35.2. The van der Waals surface area contributed by atoms with E-state index in [0.717, 1.165) is 0 Å². The summed E-state index contributed by atoms with van der Waals surface area (Å²) < 4.78 is 15.9. The summed E-state index contributed by atoms with van der Waals surface area (Å²) in [7, 11) is 0. The Morgan fingerprint density at radius 1 is 0.892 bits per heavy atom. The molecular weight excluding hydrogens is 478 g/mol. The number of benzene rings is 2. The molecule has 198 valence electrons. The summed E-state index contributed by atoms with van der Waals surface area (Å²) in [5.41, 5.74) is 7.58. The van der Waals surface area contributed by atoms with Gasteiger partial charge in [-0.1, -0.05) is 48.5 Å². The van der Waals surface area contributed by atoms with E-state index in [0.29, 0.717) is 39.1 Å². The number of rotatable bonds is 12. The van der Waals surface area contributed by atoms with E-state index in [1.54, 1.807) is 5.01 Å². The number of carbonyl (C=O) groups is 3. The Hall–Kier alpha value is -3.47. The van der Waals surface area contributed by atoms with Crippen molar-refractivity contribution in [3.63, 3.8) is 0 Å². The molecule has 0 saturated carbocycles. The maximum atomic E-state index is 12.8. The van der Waals surface area contributed by atoms with Crippen LogP contribution in [0.25, 0.3) is 11.1 Å². The van der Waals surface area contributed by atoms with Gasteiger partial charge in [-0.2, -0.15) is 0 Å². The Balaban J connectivity index is 1.12. The van der Waals surface area contributed by atoms with Gasteiger partial charge in [-0.15, -0.1) is 0 Å². The van der Waals surface area contributed by atoms with Crippen molar-refractivity contribution in [1.82, 2.24) is 15.8 Å². The van der Waals surface area contributed by atoms with Gasteiger partial charge in [0.1, 0.15) is 13.2 Å². The lowest BCUT2D eigenvalue weighted by molar-refractivity contribution is -0.150. The molecule has 0 unspecified atom stereocenters. The zero-order valence-electron chi connectivity index (χ0n) is 20.7. The molecule has 0 aromatic heterocycles. The SMILES string of the molecule is O=C(O)COCCOCCNC(=O)NN1CCC(C(=O)OCC2c3ccccc3-c3ccccc32)CC1. The van der Waals surface area contributed by atoms with Crippen LogP contribution in [0, 0.1) is 5.92 Å². The van der Waals surface area contributed by atoms with Crippen LogP contribution >= 0.6 is 0 Å². The number of hydrazine groups is 1. The fourth-order valence-electron chi connectivity index (χ4n) is 4.75. The van der Waals surface area contributed by atoms with Crippen molar-refractivity contribution >= 4 is 18.0 Å². The molecule has 1 heterocycles. The first-order chi connectivity index (χ1) is 18.0. The van der Waals surface area contributed by atoms with Gasteiger partial charge in [0.25, 0.3) is 0 Å². The minimum atomic E-state index is -1.03. The molecule has 37 heavy (non-hydrogen) atoms. The molecule has 10 heteroatoms. The van der Waals surface area contributed by atoms with Crippen LogP contribution in [0.2, 0.25) is 0 Å². The highest BCUT2D eigenvalue weighted by molar-refractivity contribution is 5.79. The van der Waals surface area contributed by atoms with E-state index < -0.39 is 5.97 Å². The highest BCUT2D eigenvalue weighted by Crippen LogP contribution is 2.44. The van der Waals surface area contributed by atoms with E-state index in [9.17, 15) is 14.4 Å². The Morgan fingerprint density at radius 3 is 2.16 bits per heavy atom. The van der Waals surface area contributed by atoms with Crippen LogP contribution < -0.4 is 10.7 Å². The van der Waals surface area contributed by atoms with Crippen LogP contribution in [0.15, 0.2) is 48.5 Å². The monoisotopic (exact) mass is 511 g/mol. The van der Waals surface area contributed by atoms with Crippen LogP contribution in [0.5, 0.6) is 0 Å². The second kappa shape index (κ2) is 13.2. The topological polar surface area (TPSA) is 126 Å². The van der Waals surface area contributed by atoms with E-state index >= 15 is 0 Å². The predicted octanol–water partition coefficient (Wildman–Crippen LogP) is 2.39. The number of aliphatic carboxylic acids is 1.